The molecule has 2 heterocycles. The van der Waals surface area contributed by atoms with Crippen molar-refractivity contribution in [1.29, 1.82) is 0 Å². The molecular weight excluding hydrogens is 222 g/mol. The average Bonchev–Trinajstić information content (AvgIpc) is 2.73. The smallest absolute Gasteiger partial charge is 0.160 e. The van der Waals surface area contributed by atoms with Gasteiger partial charge in [-0.2, -0.15) is 5.10 Å². The van der Waals surface area contributed by atoms with Gasteiger partial charge in [0.2, 0.25) is 0 Å². The minimum Gasteiger partial charge on any atom is -0.379 e. The molecule has 0 saturated carbocycles. The fourth-order valence-electron chi connectivity index (χ4n) is 1.15. The monoisotopic (exact) mass is 229 g/mol. The zero-order valence-corrected chi connectivity index (χ0v) is 8.96. The topological polar surface area (TPSA) is 50.9 Å². The number of aliphatic hydroxyl groups excluding tert-OH is 1. The fraction of sp³-hybridized carbons (Fsp3) is 0.250. The van der Waals surface area contributed by atoms with E-state index in [-0.39, 0.29) is 0 Å². The van der Waals surface area contributed by atoms with E-state index in [0.717, 1.165) is 4.88 Å². The molecule has 0 radical (unpaired) electrons. The summed E-state index contributed by atoms with van der Waals surface area (Å²) < 4.78 is 1.54. The first-order valence-corrected chi connectivity index (χ1v) is 5.20. The van der Waals surface area contributed by atoms with Gasteiger partial charge in [0.05, 0.1) is 5.02 Å². The number of aromatic nitrogens is 3. The summed E-state index contributed by atoms with van der Waals surface area (Å²) in [6.07, 6.45) is 0.660. The van der Waals surface area contributed by atoms with E-state index in [4.69, 9.17) is 11.6 Å². The second-order valence-corrected chi connectivity index (χ2v) is 4.19. The molecule has 2 aromatic heterocycles. The lowest BCUT2D eigenvalue weighted by molar-refractivity contribution is 0.208. The number of nitrogens with zero attached hydrogens (tertiary/aromatic N) is 3. The summed E-state index contributed by atoms with van der Waals surface area (Å²) >= 11 is 7.16. The summed E-state index contributed by atoms with van der Waals surface area (Å²) in [5.41, 5.74) is 0. The van der Waals surface area contributed by atoms with Crippen LogP contribution in [0.25, 0.3) is 0 Å². The van der Waals surface area contributed by atoms with Gasteiger partial charge in [0.25, 0.3) is 0 Å². The Hall–Kier alpha value is -0.910. The average molecular weight is 230 g/mol. The van der Waals surface area contributed by atoms with E-state index in [1.807, 2.05) is 0 Å². The van der Waals surface area contributed by atoms with E-state index in [9.17, 15) is 5.11 Å². The molecule has 1 unspecified atom stereocenters. The third-order valence-corrected chi connectivity index (χ3v) is 3.18. The van der Waals surface area contributed by atoms with Crippen LogP contribution in [0.2, 0.25) is 5.02 Å². The Morgan fingerprint density at radius 2 is 2.43 bits per heavy atom. The highest BCUT2D eigenvalue weighted by atomic mass is 35.5. The maximum absolute atomic E-state index is 9.90. The number of thiophene rings is 1. The van der Waals surface area contributed by atoms with Crippen molar-refractivity contribution in [2.24, 2.45) is 7.05 Å². The SMILES string of the molecule is Cn1ncnc1C(O)c1cc(Cl)cs1. The zero-order chi connectivity index (χ0) is 10.1. The van der Waals surface area contributed by atoms with Crippen molar-refractivity contribution in [3.63, 3.8) is 0 Å². The molecule has 2 rings (SSSR count). The molecule has 6 heteroatoms. The maximum atomic E-state index is 9.90. The Kier molecular flexibility index (Phi) is 2.54. The van der Waals surface area contributed by atoms with Crippen LogP contribution in [0.1, 0.15) is 16.8 Å². The highest BCUT2D eigenvalue weighted by molar-refractivity contribution is 7.10. The minimum atomic E-state index is -0.750. The second-order valence-electron chi connectivity index (χ2n) is 2.81. The maximum Gasteiger partial charge on any atom is 0.160 e. The van der Waals surface area contributed by atoms with Crippen LogP contribution in [0, 0.1) is 0 Å². The highest BCUT2D eigenvalue weighted by Gasteiger charge is 2.17. The quantitative estimate of drug-likeness (QED) is 0.851. The van der Waals surface area contributed by atoms with Crippen LogP contribution in [0.3, 0.4) is 0 Å². The van der Waals surface area contributed by atoms with E-state index < -0.39 is 6.10 Å². The van der Waals surface area contributed by atoms with Crippen LogP contribution in [0.4, 0.5) is 0 Å². The van der Waals surface area contributed by atoms with Gasteiger partial charge in [-0.1, -0.05) is 11.6 Å². The number of aliphatic hydroxyl groups is 1. The summed E-state index contributed by atoms with van der Waals surface area (Å²) in [4.78, 5) is 4.74. The van der Waals surface area contributed by atoms with Gasteiger partial charge < -0.3 is 5.11 Å². The predicted octanol–water partition coefficient (Wildman–Crippen LogP) is 1.61. The Morgan fingerprint density at radius 1 is 1.64 bits per heavy atom. The third kappa shape index (κ3) is 1.66. The van der Waals surface area contributed by atoms with Gasteiger partial charge in [-0.15, -0.1) is 11.3 Å². The van der Waals surface area contributed by atoms with Crippen molar-refractivity contribution in [2.45, 2.75) is 6.10 Å². The van der Waals surface area contributed by atoms with Crippen molar-refractivity contribution >= 4 is 22.9 Å². The minimum absolute atomic E-state index is 0.517. The number of hydrogen-bond acceptors (Lipinski definition) is 4. The summed E-state index contributed by atoms with van der Waals surface area (Å²) in [6, 6.07) is 1.73. The van der Waals surface area contributed by atoms with Crippen molar-refractivity contribution < 1.29 is 5.11 Å². The molecule has 1 N–H and O–H groups in total. The van der Waals surface area contributed by atoms with Crippen molar-refractivity contribution in [3.8, 4) is 0 Å². The first-order valence-electron chi connectivity index (χ1n) is 3.94. The summed E-state index contributed by atoms with van der Waals surface area (Å²) in [6.45, 7) is 0. The van der Waals surface area contributed by atoms with Gasteiger partial charge >= 0.3 is 0 Å². The van der Waals surface area contributed by atoms with Crippen molar-refractivity contribution in [1.82, 2.24) is 14.8 Å². The summed E-state index contributed by atoms with van der Waals surface area (Å²) in [5, 5.41) is 16.2. The van der Waals surface area contributed by atoms with Crippen LogP contribution >= 0.6 is 22.9 Å². The summed E-state index contributed by atoms with van der Waals surface area (Å²) in [7, 11) is 1.74. The first-order chi connectivity index (χ1) is 6.68. The lowest BCUT2D eigenvalue weighted by Gasteiger charge is -2.06. The van der Waals surface area contributed by atoms with Crippen LogP contribution < -0.4 is 0 Å². The lowest BCUT2D eigenvalue weighted by atomic mass is 10.3. The van der Waals surface area contributed by atoms with E-state index in [1.165, 1.54) is 22.3 Å². The van der Waals surface area contributed by atoms with Crippen molar-refractivity contribution in [2.75, 3.05) is 0 Å². The highest BCUT2D eigenvalue weighted by Crippen LogP contribution is 2.28. The lowest BCUT2D eigenvalue weighted by Crippen LogP contribution is -2.06. The van der Waals surface area contributed by atoms with Gasteiger partial charge in [-0.05, 0) is 6.07 Å². The first kappa shape index (κ1) is 9.64. The second kappa shape index (κ2) is 3.68. The number of hydrogen-bond donors (Lipinski definition) is 1. The van der Waals surface area contributed by atoms with Gasteiger partial charge in [0.15, 0.2) is 5.82 Å². The molecule has 0 spiro atoms. The molecule has 74 valence electrons. The Bertz CT molecular complexity index is 439. The van der Waals surface area contributed by atoms with Crippen molar-refractivity contribution in [3.05, 3.63) is 33.5 Å². The van der Waals surface area contributed by atoms with Gasteiger partial charge in [-0.25, -0.2) is 4.98 Å². The van der Waals surface area contributed by atoms with Gasteiger partial charge in [0.1, 0.15) is 12.4 Å². The standard InChI is InChI=1S/C8H8ClN3OS/c1-12-8(10-4-11-12)7(13)6-2-5(9)3-14-6/h2-4,7,13H,1H3. The van der Waals surface area contributed by atoms with Crippen LogP contribution in [0.5, 0.6) is 0 Å². The third-order valence-electron chi connectivity index (χ3n) is 1.85. The number of rotatable bonds is 2. The molecule has 0 aliphatic heterocycles. The summed E-state index contributed by atoms with van der Waals surface area (Å²) in [5.74, 6) is 0.517. The molecular formula is C8H8ClN3OS. The van der Waals surface area contributed by atoms with Crippen LogP contribution in [-0.2, 0) is 7.05 Å². The number of aryl methyl sites for hydroxylation is 1. The largest absolute Gasteiger partial charge is 0.379 e. The van der Waals surface area contributed by atoms with Gasteiger partial charge in [-0.3, -0.25) is 4.68 Å². The Morgan fingerprint density at radius 3 is 2.93 bits per heavy atom. The Balaban J connectivity index is 2.33. The zero-order valence-electron chi connectivity index (χ0n) is 7.38. The normalized spacial score (nSPS) is 13.1. The van der Waals surface area contributed by atoms with E-state index in [1.54, 1.807) is 18.5 Å². The molecule has 0 fully saturated rings. The van der Waals surface area contributed by atoms with Crippen LogP contribution in [0.15, 0.2) is 17.8 Å². The van der Waals surface area contributed by atoms with Gasteiger partial charge in [0, 0.05) is 17.3 Å². The Labute approximate surface area is 89.8 Å². The molecule has 0 aliphatic rings. The molecule has 0 aromatic carbocycles. The molecule has 14 heavy (non-hydrogen) atoms. The van der Waals surface area contributed by atoms with E-state index in [0.29, 0.717) is 10.8 Å². The van der Waals surface area contributed by atoms with Crippen LogP contribution in [-0.4, -0.2) is 19.9 Å². The number of halogens is 1. The molecule has 2 aromatic rings. The predicted molar refractivity (Wildman–Crippen MR) is 54.4 cm³/mol. The van der Waals surface area contributed by atoms with E-state index >= 15 is 0 Å². The molecule has 0 saturated heterocycles. The molecule has 0 aliphatic carbocycles. The molecule has 1 atom stereocenters. The molecule has 0 amide bonds. The molecule has 0 bridgehead atoms. The van der Waals surface area contributed by atoms with E-state index in [2.05, 4.69) is 10.1 Å². The fourth-order valence-corrected chi connectivity index (χ4v) is 2.21. The molecule has 4 nitrogen and oxygen atoms in total.